The Morgan fingerprint density at radius 2 is 1.89 bits per heavy atom. The minimum absolute atomic E-state index is 0.0303. The highest BCUT2D eigenvalue weighted by molar-refractivity contribution is 5.96. The van der Waals surface area contributed by atoms with Crippen molar-refractivity contribution in [3.8, 4) is 5.75 Å². The highest BCUT2D eigenvalue weighted by Gasteiger charge is 2.36. The molecule has 0 spiro atoms. The number of rotatable bonds is 10. The van der Waals surface area contributed by atoms with Crippen LogP contribution in [0.15, 0.2) is 36.4 Å². The molecule has 2 N–H and O–H groups in total. The van der Waals surface area contributed by atoms with Crippen molar-refractivity contribution in [1.29, 1.82) is 0 Å². The van der Waals surface area contributed by atoms with Crippen LogP contribution in [-0.2, 0) is 28.6 Å². The van der Waals surface area contributed by atoms with Gasteiger partial charge in [-0.1, -0.05) is 25.0 Å². The first kappa shape index (κ1) is 26.0. The second kappa shape index (κ2) is 11.3. The molecule has 1 fully saturated rings. The molecule has 1 aliphatic carbocycles. The Hall–Kier alpha value is -3.07. The molecule has 9 heteroatoms. The number of aliphatic carboxylic acids is 1. The number of amides is 1. The van der Waals surface area contributed by atoms with Crippen LogP contribution in [0.4, 0.5) is 18.9 Å². The van der Waals surface area contributed by atoms with Crippen molar-refractivity contribution in [2.75, 3.05) is 31.1 Å². The first-order valence-corrected chi connectivity index (χ1v) is 12.4. The highest BCUT2D eigenvalue weighted by atomic mass is 19.4. The SMILES string of the molecule is O=C(O)CCNCC(=O)N1CCc2cc(OCCc3ccc(C(F)(F)F)c(C4CCCC4)c3)ccc21. The molecule has 1 saturated carbocycles. The number of fused-ring (bicyclic) bond motifs is 1. The second-order valence-electron chi connectivity index (χ2n) is 9.41. The average Bonchev–Trinajstić information content (AvgIpc) is 3.51. The number of carboxylic acids is 1. The summed E-state index contributed by atoms with van der Waals surface area (Å²) in [7, 11) is 0. The lowest BCUT2D eigenvalue weighted by Gasteiger charge is -2.19. The maximum absolute atomic E-state index is 13.5. The minimum atomic E-state index is -4.35. The van der Waals surface area contributed by atoms with Crippen molar-refractivity contribution in [3.63, 3.8) is 0 Å². The van der Waals surface area contributed by atoms with Gasteiger partial charge in [-0.25, -0.2) is 0 Å². The van der Waals surface area contributed by atoms with Gasteiger partial charge in [0.1, 0.15) is 5.75 Å². The Bertz CT molecular complexity index is 1100. The largest absolute Gasteiger partial charge is 0.493 e. The second-order valence-corrected chi connectivity index (χ2v) is 9.41. The molecule has 1 aliphatic heterocycles. The van der Waals surface area contributed by atoms with Gasteiger partial charge in [0.25, 0.3) is 0 Å². The van der Waals surface area contributed by atoms with E-state index in [0.29, 0.717) is 37.3 Å². The summed E-state index contributed by atoms with van der Waals surface area (Å²) < 4.78 is 46.5. The number of carbonyl (C=O) groups is 2. The van der Waals surface area contributed by atoms with Crippen LogP contribution in [0.5, 0.6) is 5.75 Å². The van der Waals surface area contributed by atoms with Crippen molar-refractivity contribution >= 4 is 17.6 Å². The zero-order valence-corrected chi connectivity index (χ0v) is 20.1. The van der Waals surface area contributed by atoms with Gasteiger partial charge in [-0.2, -0.15) is 13.2 Å². The maximum atomic E-state index is 13.5. The number of nitrogens with one attached hydrogen (secondary N) is 1. The molecule has 0 atom stereocenters. The summed E-state index contributed by atoms with van der Waals surface area (Å²) in [6.07, 6.45) is 0.348. The number of nitrogens with zero attached hydrogens (tertiary/aromatic N) is 1. The van der Waals surface area contributed by atoms with Gasteiger partial charge < -0.3 is 20.1 Å². The van der Waals surface area contributed by atoms with Crippen LogP contribution < -0.4 is 15.0 Å². The van der Waals surface area contributed by atoms with Crippen molar-refractivity contribution < 1.29 is 32.6 Å². The van der Waals surface area contributed by atoms with E-state index >= 15 is 0 Å². The lowest BCUT2D eigenvalue weighted by Crippen LogP contribution is -2.37. The van der Waals surface area contributed by atoms with Crippen molar-refractivity contribution in [3.05, 3.63) is 58.7 Å². The molecule has 2 aromatic carbocycles. The van der Waals surface area contributed by atoms with Gasteiger partial charge in [0.05, 0.1) is 25.1 Å². The van der Waals surface area contributed by atoms with Crippen molar-refractivity contribution in [2.24, 2.45) is 0 Å². The number of benzene rings is 2. The zero-order chi connectivity index (χ0) is 25.7. The molecule has 1 amide bonds. The summed E-state index contributed by atoms with van der Waals surface area (Å²) in [4.78, 5) is 24.8. The van der Waals surface area contributed by atoms with Crippen LogP contribution in [0.3, 0.4) is 0 Å². The van der Waals surface area contributed by atoms with E-state index in [1.165, 1.54) is 6.07 Å². The molecule has 4 rings (SSSR count). The van der Waals surface area contributed by atoms with E-state index in [0.717, 1.165) is 42.5 Å². The molecule has 36 heavy (non-hydrogen) atoms. The number of hydrogen-bond donors (Lipinski definition) is 2. The number of ether oxygens (including phenoxy) is 1. The molecule has 6 nitrogen and oxygen atoms in total. The van der Waals surface area contributed by atoms with Crippen LogP contribution in [0.25, 0.3) is 0 Å². The summed E-state index contributed by atoms with van der Waals surface area (Å²) in [6.45, 7) is 1.19. The molecule has 0 saturated heterocycles. The van der Waals surface area contributed by atoms with Gasteiger partial charge in [-0.05, 0) is 66.1 Å². The zero-order valence-electron chi connectivity index (χ0n) is 20.1. The summed E-state index contributed by atoms with van der Waals surface area (Å²) in [5.74, 6) is -0.405. The van der Waals surface area contributed by atoms with E-state index < -0.39 is 17.7 Å². The fourth-order valence-electron chi connectivity index (χ4n) is 5.10. The molecule has 0 aromatic heterocycles. The topological polar surface area (TPSA) is 78.9 Å². The van der Waals surface area contributed by atoms with Gasteiger partial charge in [-0.3, -0.25) is 9.59 Å². The number of carboxylic acid groups (broad SMARTS) is 1. The van der Waals surface area contributed by atoms with Gasteiger partial charge in [0.15, 0.2) is 0 Å². The third-order valence-electron chi connectivity index (χ3n) is 6.92. The van der Waals surface area contributed by atoms with E-state index in [4.69, 9.17) is 9.84 Å². The highest BCUT2D eigenvalue weighted by Crippen LogP contribution is 2.42. The van der Waals surface area contributed by atoms with E-state index in [1.54, 1.807) is 23.1 Å². The monoisotopic (exact) mass is 504 g/mol. The van der Waals surface area contributed by atoms with Crippen molar-refractivity contribution in [2.45, 2.75) is 57.0 Å². The first-order valence-electron chi connectivity index (χ1n) is 12.4. The van der Waals surface area contributed by atoms with Crippen LogP contribution in [0.2, 0.25) is 0 Å². The van der Waals surface area contributed by atoms with Gasteiger partial charge in [0, 0.05) is 25.2 Å². The predicted octanol–water partition coefficient (Wildman–Crippen LogP) is 4.94. The molecule has 2 aliphatic rings. The number of halogens is 3. The summed E-state index contributed by atoms with van der Waals surface area (Å²) in [5, 5.41) is 11.5. The summed E-state index contributed by atoms with van der Waals surface area (Å²) in [6, 6.07) is 9.99. The van der Waals surface area contributed by atoms with Crippen LogP contribution >= 0.6 is 0 Å². The van der Waals surface area contributed by atoms with Gasteiger partial charge in [-0.15, -0.1) is 0 Å². The molecule has 194 valence electrons. The number of alkyl halides is 3. The summed E-state index contributed by atoms with van der Waals surface area (Å²) >= 11 is 0. The number of anilines is 1. The molecular weight excluding hydrogens is 473 g/mol. The molecule has 1 heterocycles. The fourth-order valence-corrected chi connectivity index (χ4v) is 5.10. The van der Waals surface area contributed by atoms with E-state index in [-0.39, 0.29) is 31.3 Å². The standard InChI is InChI=1S/C27H31F3N2O4/c28-27(29,30)23-7-5-18(15-22(23)19-3-1-2-4-19)11-14-36-21-6-8-24-20(16-21)10-13-32(24)25(33)17-31-12-9-26(34)35/h5-8,15-16,19,31H,1-4,9-14,17H2,(H,34,35). The number of carbonyl (C=O) groups excluding carboxylic acids is 1. The normalized spacial score (nSPS) is 15.8. The third kappa shape index (κ3) is 6.37. The smallest absolute Gasteiger partial charge is 0.416 e. The van der Waals surface area contributed by atoms with Gasteiger partial charge >= 0.3 is 12.1 Å². The first-order chi connectivity index (χ1) is 17.2. The van der Waals surface area contributed by atoms with E-state index in [9.17, 15) is 22.8 Å². The van der Waals surface area contributed by atoms with Crippen LogP contribution in [-0.4, -0.2) is 43.2 Å². The van der Waals surface area contributed by atoms with Crippen LogP contribution in [0.1, 0.15) is 60.3 Å². The average molecular weight is 505 g/mol. The quantitative estimate of drug-likeness (QED) is 0.449. The number of hydrogen-bond acceptors (Lipinski definition) is 4. The molecule has 0 radical (unpaired) electrons. The molecule has 0 unspecified atom stereocenters. The summed E-state index contributed by atoms with van der Waals surface area (Å²) in [5.41, 5.74) is 2.53. The van der Waals surface area contributed by atoms with Gasteiger partial charge in [0.2, 0.25) is 5.91 Å². The van der Waals surface area contributed by atoms with Crippen molar-refractivity contribution in [1.82, 2.24) is 5.32 Å². The Morgan fingerprint density at radius 3 is 2.61 bits per heavy atom. The molecular formula is C27H31F3N2O4. The Labute approximate surface area is 208 Å². The fraction of sp³-hybridized carbons (Fsp3) is 0.481. The predicted molar refractivity (Wildman–Crippen MR) is 129 cm³/mol. The molecule has 0 bridgehead atoms. The third-order valence-corrected chi connectivity index (χ3v) is 6.92. The minimum Gasteiger partial charge on any atom is -0.493 e. The Balaban J connectivity index is 1.33. The Kier molecular flexibility index (Phi) is 8.18. The molecule has 2 aromatic rings. The lowest BCUT2D eigenvalue weighted by atomic mass is 9.90. The lowest BCUT2D eigenvalue weighted by molar-refractivity contribution is -0.138. The van der Waals surface area contributed by atoms with Crippen LogP contribution in [0, 0.1) is 0 Å². The Morgan fingerprint density at radius 1 is 1.11 bits per heavy atom. The van der Waals surface area contributed by atoms with E-state index in [2.05, 4.69) is 5.32 Å². The maximum Gasteiger partial charge on any atom is 0.416 e. The van der Waals surface area contributed by atoms with E-state index in [1.807, 2.05) is 12.1 Å².